The third-order valence-electron chi connectivity index (χ3n) is 2.06. The van der Waals surface area contributed by atoms with Crippen molar-refractivity contribution in [1.29, 1.82) is 0 Å². The maximum Gasteiger partial charge on any atom is 0.0664 e. The van der Waals surface area contributed by atoms with Crippen molar-refractivity contribution in [2.75, 3.05) is 0 Å². The van der Waals surface area contributed by atoms with Crippen molar-refractivity contribution in [2.45, 2.75) is 64.8 Å². The van der Waals surface area contributed by atoms with E-state index >= 15 is 0 Å². The van der Waals surface area contributed by atoms with E-state index in [9.17, 15) is 0 Å². The van der Waals surface area contributed by atoms with Gasteiger partial charge in [-0.25, -0.2) is 0 Å². The molecule has 76 valence electrons. The van der Waals surface area contributed by atoms with Crippen molar-refractivity contribution in [3.63, 3.8) is 0 Å². The molecule has 0 heterocycles. The minimum absolute atomic E-state index is 0.114. The highest BCUT2D eigenvalue weighted by molar-refractivity contribution is 5.06. The largest absolute Gasteiger partial charge is 0.318 e. The Labute approximate surface area is 83.1 Å². The summed E-state index contributed by atoms with van der Waals surface area (Å²) in [6.07, 6.45) is 8.26. The van der Waals surface area contributed by atoms with Crippen LogP contribution in [0.5, 0.6) is 0 Å². The van der Waals surface area contributed by atoms with Crippen molar-refractivity contribution in [1.82, 2.24) is 0 Å². The molecular weight excluding hydrogens is 158 g/mol. The molecule has 0 amide bonds. The minimum atomic E-state index is 0.114. The molecule has 0 fully saturated rings. The van der Waals surface area contributed by atoms with Crippen molar-refractivity contribution in [2.24, 2.45) is 5.73 Å². The molecule has 0 aromatic heterocycles. The molecule has 13 heavy (non-hydrogen) atoms. The summed E-state index contributed by atoms with van der Waals surface area (Å²) in [7, 11) is 0. The molecular formula is C12H23N. The van der Waals surface area contributed by atoms with E-state index in [4.69, 9.17) is 5.73 Å². The lowest BCUT2D eigenvalue weighted by Gasteiger charge is -2.01. The van der Waals surface area contributed by atoms with E-state index in [1.165, 1.54) is 32.1 Å². The third kappa shape index (κ3) is 9.43. The van der Waals surface area contributed by atoms with Crippen LogP contribution in [0.4, 0.5) is 0 Å². The molecule has 0 rings (SSSR count). The minimum Gasteiger partial charge on any atom is -0.318 e. The van der Waals surface area contributed by atoms with E-state index in [1.807, 2.05) is 0 Å². The maximum absolute atomic E-state index is 5.82. The molecule has 0 aromatic rings. The standard InChI is InChI=1S/C12H23N/c1-3-5-7-9-11-12(13)10-8-6-4-2/h12H,3-8,10,13H2,1-2H3. The Bertz CT molecular complexity index is 152. The van der Waals surface area contributed by atoms with Crippen LogP contribution in [0.3, 0.4) is 0 Å². The Kier molecular flexibility index (Phi) is 9.25. The first-order valence-corrected chi connectivity index (χ1v) is 5.55. The lowest BCUT2D eigenvalue weighted by atomic mass is 10.1. The lowest BCUT2D eigenvalue weighted by Crippen LogP contribution is -2.16. The third-order valence-corrected chi connectivity index (χ3v) is 2.06. The smallest absolute Gasteiger partial charge is 0.0664 e. The van der Waals surface area contributed by atoms with Crippen LogP contribution < -0.4 is 5.73 Å². The molecule has 0 saturated heterocycles. The molecule has 0 aliphatic heterocycles. The van der Waals surface area contributed by atoms with Crippen molar-refractivity contribution >= 4 is 0 Å². The maximum atomic E-state index is 5.82. The van der Waals surface area contributed by atoms with Crippen LogP contribution in [-0.2, 0) is 0 Å². The second-order valence-corrected chi connectivity index (χ2v) is 3.53. The van der Waals surface area contributed by atoms with Gasteiger partial charge in [0, 0.05) is 6.42 Å². The molecule has 1 unspecified atom stereocenters. The number of unbranched alkanes of at least 4 members (excludes halogenated alkanes) is 4. The summed E-state index contributed by atoms with van der Waals surface area (Å²) in [5, 5.41) is 0. The van der Waals surface area contributed by atoms with Gasteiger partial charge in [-0.1, -0.05) is 45.5 Å². The molecule has 0 aromatic carbocycles. The van der Waals surface area contributed by atoms with Crippen LogP contribution in [0.25, 0.3) is 0 Å². The Hall–Kier alpha value is -0.480. The molecule has 1 nitrogen and oxygen atoms in total. The van der Waals surface area contributed by atoms with Crippen molar-refractivity contribution < 1.29 is 0 Å². The lowest BCUT2D eigenvalue weighted by molar-refractivity contribution is 0.631. The summed E-state index contributed by atoms with van der Waals surface area (Å²) in [5.74, 6) is 6.24. The fraction of sp³-hybridized carbons (Fsp3) is 0.833. The molecule has 2 N–H and O–H groups in total. The second kappa shape index (κ2) is 9.61. The molecule has 0 aliphatic carbocycles. The zero-order valence-electron chi connectivity index (χ0n) is 9.10. The molecule has 0 saturated carbocycles. The Balaban J connectivity index is 3.35. The Morgan fingerprint density at radius 3 is 2.38 bits per heavy atom. The zero-order valence-corrected chi connectivity index (χ0v) is 9.10. The second-order valence-electron chi connectivity index (χ2n) is 3.53. The average Bonchev–Trinajstić information content (AvgIpc) is 2.13. The van der Waals surface area contributed by atoms with Crippen LogP contribution >= 0.6 is 0 Å². The first kappa shape index (κ1) is 12.5. The highest BCUT2D eigenvalue weighted by Crippen LogP contribution is 2.01. The van der Waals surface area contributed by atoms with Gasteiger partial charge >= 0.3 is 0 Å². The highest BCUT2D eigenvalue weighted by atomic mass is 14.6. The van der Waals surface area contributed by atoms with E-state index in [1.54, 1.807) is 0 Å². The van der Waals surface area contributed by atoms with Gasteiger partial charge in [0.1, 0.15) is 0 Å². The van der Waals surface area contributed by atoms with Gasteiger partial charge in [-0.05, 0) is 12.8 Å². The number of hydrogen-bond donors (Lipinski definition) is 1. The summed E-state index contributed by atoms with van der Waals surface area (Å²) >= 11 is 0. The number of rotatable bonds is 6. The van der Waals surface area contributed by atoms with Crippen molar-refractivity contribution in [3.05, 3.63) is 0 Å². The van der Waals surface area contributed by atoms with Gasteiger partial charge in [-0.3, -0.25) is 0 Å². The summed E-state index contributed by atoms with van der Waals surface area (Å²) in [4.78, 5) is 0. The van der Waals surface area contributed by atoms with Gasteiger partial charge in [0.2, 0.25) is 0 Å². The van der Waals surface area contributed by atoms with Crippen LogP contribution in [0.1, 0.15) is 58.8 Å². The highest BCUT2D eigenvalue weighted by Gasteiger charge is 1.95. The van der Waals surface area contributed by atoms with Gasteiger partial charge in [-0.15, -0.1) is 5.92 Å². The van der Waals surface area contributed by atoms with E-state index in [0.29, 0.717) is 0 Å². The topological polar surface area (TPSA) is 26.0 Å². The van der Waals surface area contributed by atoms with Crippen LogP contribution in [0.2, 0.25) is 0 Å². The van der Waals surface area contributed by atoms with E-state index in [-0.39, 0.29) is 6.04 Å². The summed E-state index contributed by atoms with van der Waals surface area (Å²) in [6.45, 7) is 4.39. The molecule has 0 radical (unpaired) electrons. The molecule has 1 heteroatoms. The molecule has 1 atom stereocenters. The zero-order chi connectivity index (χ0) is 9.94. The fourth-order valence-corrected chi connectivity index (χ4v) is 1.15. The van der Waals surface area contributed by atoms with Gasteiger partial charge < -0.3 is 5.73 Å². The van der Waals surface area contributed by atoms with Crippen LogP contribution in [-0.4, -0.2) is 6.04 Å². The van der Waals surface area contributed by atoms with Crippen LogP contribution in [0, 0.1) is 11.8 Å². The normalized spacial score (nSPS) is 11.9. The average molecular weight is 181 g/mol. The Morgan fingerprint density at radius 1 is 1.08 bits per heavy atom. The molecule has 0 bridgehead atoms. The van der Waals surface area contributed by atoms with Crippen LogP contribution in [0.15, 0.2) is 0 Å². The quantitative estimate of drug-likeness (QED) is 0.494. The summed E-state index contributed by atoms with van der Waals surface area (Å²) < 4.78 is 0. The molecule has 0 spiro atoms. The monoisotopic (exact) mass is 181 g/mol. The predicted molar refractivity (Wildman–Crippen MR) is 59.4 cm³/mol. The van der Waals surface area contributed by atoms with E-state index < -0.39 is 0 Å². The number of nitrogens with two attached hydrogens (primary N) is 1. The van der Waals surface area contributed by atoms with Gasteiger partial charge in [0.05, 0.1) is 6.04 Å². The van der Waals surface area contributed by atoms with E-state index in [2.05, 4.69) is 25.7 Å². The Morgan fingerprint density at radius 2 is 1.77 bits per heavy atom. The number of hydrogen-bond acceptors (Lipinski definition) is 1. The van der Waals surface area contributed by atoms with Gasteiger partial charge in [-0.2, -0.15) is 0 Å². The summed E-state index contributed by atoms with van der Waals surface area (Å²) in [5.41, 5.74) is 5.82. The predicted octanol–water partition coefficient (Wildman–Crippen LogP) is 3.09. The van der Waals surface area contributed by atoms with Crippen molar-refractivity contribution in [3.8, 4) is 11.8 Å². The first-order chi connectivity index (χ1) is 6.31. The van der Waals surface area contributed by atoms with Gasteiger partial charge in [0.15, 0.2) is 0 Å². The first-order valence-electron chi connectivity index (χ1n) is 5.55. The SMILES string of the molecule is CCCCC#CC(N)CCCCC. The molecule has 0 aliphatic rings. The fourth-order valence-electron chi connectivity index (χ4n) is 1.15. The van der Waals surface area contributed by atoms with E-state index in [0.717, 1.165) is 12.8 Å². The van der Waals surface area contributed by atoms with Gasteiger partial charge in [0.25, 0.3) is 0 Å². The summed E-state index contributed by atoms with van der Waals surface area (Å²) in [6, 6.07) is 0.114.